The van der Waals surface area contributed by atoms with E-state index in [1.807, 2.05) is 6.20 Å². The fraction of sp³-hybridized carbons (Fsp3) is 0.471. The molecule has 1 N–H and O–H groups in total. The third-order valence-electron chi connectivity index (χ3n) is 4.59. The number of thiophene rings is 1. The Bertz CT molecular complexity index is 905. The molecule has 3 heterocycles. The molecular weight excluding hydrogens is 308 g/mol. The number of H-pyrrole nitrogens is 1. The van der Waals surface area contributed by atoms with Crippen LogP contribution in [0.4, 0.5) is 0 Å². The van der Waals surface area contributed by atoms with Gasteiger partial charge in [-0.15, -0.1) is 11.3 Å². The average Bonchev–Trinajstić information content (AvgIpc) is 3.05. The van der Waals surface area contributed by atoms with E-state index in [0.717, 1.165) is 35.4 Å². The summed E-state index contributed by atoms with van der Waals surface area (Å²) in [5.74, 6) is 1.65. The maximum atomic E-state index is 12.6. The Morgan fingerprint density at radius 3 is 3.04 bits per heavy atom. The Morgan fingerprint density at radius 1 is 1.30 bits per heavy atom. The van der Waals surface area contributed by atoms with Crippen LogP contribution in [0.15, 0.2) is 17.2 Å². The molecule has 0 saturated carbocycles. The molecule has 0 spiro atoms. The first-order chi connectivity index (χ1) is 11.3. The molecule has 0 radical (unpaired) electrons. The van der Waals surface area contributed by atoms with E-state index in [1.54, 1.807) is 17.5 Å². The number of hydrogen-bond acceptors (Lipinski definition) is 4. The number of hydrogen-bond donors (Lipinski definition) is 1. The third-order valence-corrected chi connectivity index (χ3v) is 5.78. The molecule has 0 bridgehead atoms. The van der Waals surface area contributed by atoms with E-state index in [2.05, 4.69) is 21.5 Å². The molecular formula is C17H20N4OS. The normalized spacial score (nSPS) is 14.8. The number of aryl methyl sites for hydroxylation is 3. The molecule has 5 nitrogen and oxygen atoms in total. The van der Waals surface area contributed by atoms with Crippen LogP contribution in [0.1, 0.15) is 48.3 Å². The second-order valence-electron chi connectivity index (χ2n) is 6.06. The minimum absolute atomic E-state index is 0.0130. The van der Waals surface area contributed by atoms with Crippen LogP contribution in [0, 0.1) is 0 Å². The molecule has 0 amide bonds. The summed E-state index contributed by atoms with van der Waals surface area (Å²) < 4.78 is 2.08. The van der Waals surface area contributed by atoms with Crippen molar-refractivity contribution in [3.63, 3.8) is 0 Å². The van der Waals surface area contributed by atoms with E-state index in [0.29, 0.717) is 12.2 Å². The largest absolute Gasteiger partial charge is 0.335 e. The van der Waals surface area contributed by atoms with Crippen molar-refractivity contribution in [1.29, 1.82) is 0 Å². The maximum absolute atomic E-state index is 12.6. The SMILES string of the molecule is CCn1ccnc1Cc1nc2sc3c(c2c(=O)[nH]1)CCCCC3. The zero-order chi connectivity index (χ0) is 15.8. The highest BCUT2D eigenvalue weighted by Crippen LogP contribution is 2.32. The third kappa shape index (κ3) is 2.61. The smallest absolute Gasteiger partial charge is 0.259 e. The zero-order valence-electron chi connectivity index (χ0n) is 13.3. The van der Waals surface area contributed by atoms with Crippen molar-refractivity contribution < 1.29 is 0 Å². The van der Waals surface area contributed by atoms with E-state index in [4.69, 9.17) is 4.98 Å². The summed E-state index contributed by atoms with van der Waals surface area (Å²) in [6, 6.07) is 0. The van der Waals surface area contributed by atoms with E-state index in [-0.39, 0.29) is 5.56 Å². The maximum Gasteiger partial charge on any atom is 0.259 e. The Morgan fingerprint density at radius 2 is 2.17 bits per heavy atom. The predicted octanol–water partition coefficient (Wildman–Crippen LogP) is 3.06. The molecule has 0 unspecified atom stereocenters. The van der Waals surface area contributed by atoms with Gasteiger partial charge < -0.3 is 9.55 Å². The van der Waals surface area contributed by atoms with Crippen molar-refractivity contribution >= 4 is 21.6 Å². The predicted molar refractivity (Wildman–Crippen MR) is 92.2 cm³/mol. The van der Waals surface area contributed by atoms with Gasteiger partial charge in [-0.3, -0.25) is 4.79 Å². The molecule has 1 aliphatic carbocycles. The zero-order valence-corrected chi connectivity index (χ0v) is 14.1. The molecule has 0 aromatic carbocycles. The Kier molecular flexibility index (Phi) is 3.77. The second-order valence-corrected chi connectivity index (χ2v) is 7.15. The molecule has 23 heavy (non-hydrogen) atoms. The van der Waals surface area contributed by atoms with Gasteiger partial charge in [0.1, 0.15) is 16.5 Å². The van der Waals surface area contributed by atoms with Crippen LogP contribution >= 0.6 is 11.3 Å². The highest BCUT2D eigenvalue weighted by Gasteiger charge is 2.19. The molecule has 3 aromatic rings. The first-order valence-corrected chi connectivity index (χ1v) is 9.11. The summed E-state index contributed by atoms with van der Waals surface area (Å²) in [5, 5.41) is 0.828. The van der Waals surface area contributed by atoms with Gasteiger partial charge in [-0.25, -0.2) is 9.97 Å². The summed E-state index contributed by atoms with van der Waals surface area (Å²) in [7, 11) is 0. The minimum atomic E-state index is 0.0130. The highest BCUT2D eigenvalue weighted by molar-refractivity contribution is 7.18. The lowest BCUT2D eigenvalue weighted by Gasteiger charge is -2.04. The van der Waals surface area contributed by atoms with Crippen LogP contribution in [0.3, 0.4) is 0 Å². The van der Waals surface area contributed by atoms with Gasteiger partial charge in [0, 0.05) is 23.8 Å². The molecule has 1 aliphatic rings. The molecule has 6 heteroatoms. The number of fused-ring (bicyclic) bond motifs is 3. The standard InChI is InChI=1S/C17H20N4OS/c1-2-21-9-8-18-14(21)10-13-19-16(22)15-11-6-4-3-5-7-12(11)23-17(15)20-13/h8-9H,2-7,10H2,1H3,(H,19,20,22). The van der Waals surface area contributed by atoms with Crippen molar-refractivity contribution in [2.24, 2.45) is 0 Å². The molecule has 3 aromatic heterocycles. The molecule has 4 rings (SSSR count). The van der Waals surface area contributed by atoms with Crippen LogP contribution in [-0.4, -0.2) is 19.5 Å². The van der Waals surface area contributed by atoms with Crippen molar-refractivity contribution in [2.75, 3.05) is 0 Å². The summed E-state index contributed by atoms with van der Waals surface area (Å²) in [6.45, 7) is 2.95. The van der Waals surface area contributed by atoms with E-state index >= 15 is 0 Å². The number of rotatable bonds is 3. The van der Waals surface area contributed by atoms with E-state index < -0.39 is 0 Å². The van der Waals surface area contributed by atoms with Gasteiger partial charge in [0.2, 0.25) is 0 Å². The summed E-state index contributed by atoms with van der Waals surface area (Å²) >= 11 is 1.71. The van der Waals surface area contributed by atoms with Gasteiger partial charge in [0.05, 0.1) is 11.8 Å². The fourth-order valence-electron chi connectivity index (χ4n) is 3.41. The lowest BCUT2D eigenvalue weighted by atomic mass is 10.1. The first-order valence-electron chi connectivity index (χ1n) is 8.29. The minimum Gasteiger partial charge on any atom is -0.335 e. The van der Waals surface area contributed by atoms with Gasteiger partial charge in [-0.1, -0.05) is 6.42 Å². The van der Waals surface area contributed by atoms with Crippen molar-refractivity contribution in [3.8, 4) is 0 Å². The van der Waals surface area contributed by atoms with Crippen LogP contribution < -0.4 is 5.56 Å². The average molecular weight is 328 g/mol. The molecule has 0 fully saturated rings. The van der Waals surface area contributed by atoms with Gasteiger partial charge in [-0.2, -0.15) is 0 Å². The Labute approximate surface area is 138 Å². The lowest BCUT2D eigenvalue weighted by molar-refractivity contribution is 0.703. The Balaban J connectivity index is 1.77. The molecule has 0 atom stereocenters. The summed E-state index contributed by atoms with van der Waals surface area (Å²) in [5.41, 5.74) is 1.26. The molecule has 0 aliphatic heterocycles. The van der Waals surface area contributed by atoms with Gasteiger partial charge >= 0.3 is 0 Å². The van der Waals surface area contributed by atoms with Crippen molar-refractivity contribution in [3.05, 3.63) is 44.8 Å². The molecule has 120 valence electrons. The Hall–Kier alpha value is -1.95. The topological polar surface area (TPSA) is 63.6 Å². The lowest BCUT2D eigenvalue weighted by Crippen LogP contribution is -2.14. The van der Waals surface area contributed by atoms with E-state index in [1.165, 1.54) is 29.7 Å². The van der Waals surface area contributed by atoms with Gasteiger partial charge in [0.25, 0.3) is 5.56 Å². The number of aromatic nitrogens is 4. The number of nitrogens with zero attached hydrogens (tertiary/aromatic N) is 3. The molecule has 0 saturated heterocycles. The summed E-state index contributed by atoms with van der Waals surface area (Å²) in [4.78, 5) is 27.0. The van der Waals surface area contributed by atoms with Gasteiger partial charge in [0.15, 0.2) is 0 Å². The van der Waals surface area contributed by atoms with Crippen molar-refractivity contribution in [2.45, 2.75) is 52.0 Å². The fourth-order valence-corrected chi connectivity index (χ4v) is 4.69. The van der Waals surface area contributed by atoms with E-state index in [9.17, 15) is 4.79 Å². The quantitative estimate of drug-likeness (QED) is 0.752. The monoisotopic (exact) mass is 328 g/mol. The number of aromatic amines is 1. The van der Waals surface area contributed by atoms with Crippen LogP contribution in [0.2, 0.25) is 0 Å². The first kappa shape index (κ1) is 14.6. The van der Waals surface area contributed by atoms with Crippen LogP contribution in [-0.2, 0) is 25.8 Å². The number of imidazole rings is 1. The van der Waals surface area contributed by atoms with Crippen molar-refractivity contribution in [1.82, 2.24) is 19.5 Å². The highest BCUT2D eigenvalue weighted by atomic mass is 32.1. The van der Waals surface area contributed by atoms with Gasteiger partial charge in [-0.05, 0) is 38.2 Å². The summed E-state index contributed by atoms with van der Waals surface area (Å²) in [6.07, 6.45) is 10.1. The van der Waals surface area contributed by atoms with Crippen LogP contribution in [0.5, 0.6) is 0 Å². The second kappa shape index (κ2) is 5.92. The van der Waals surface area contributed by atoms with Crippen LogP contribution in [0.25, 0.3) is 10.2 Å². The number of nitrogens with one attached hydrogen (secondary N) is 1.